The third-order valence-corrected chi connectivity index (χ3v) is 3.89. The lowest BCUT2D eigenvalue weighted by Crippen LogP contribution is -2.42. The number of nitrogens with one attached hydrogen (secondary N) is 1. The van der Waals surface area contributed by atoms with Crippen LogP contribution in [0.25, 0.3) is 0 Å². The number of carbonyl (C=O) groups is 1. The molecule has 0 fully saturated rings. The summed E-state index contributed by atoms with van der Waals surface area (Å²) in [6.07, 6.45) is 3.22. The van der Waals surface area contributed by atoms with Crippen LogP contribution in [-0.2, 0) is 11.2 Å². The van der Waals surface area contributed by atoms with Gasteiger partial charge >= 0.3 is 0 Å². The Balaban J connectivity index is 2.29. The highest BCUT2D eigenvalue weighted by Gasteiger charge is 2.20. The van der Waals surface area contributed by atoms with E-state index in [0.29, 0.717) is 24.2 Å². The SMILES string of the molecule is CSCC(C)(O)CNC(=O)CCCc1ccc(F)c(F)c1. The van der Waals surface area contributed by atoms with Gasteiger partial charge < -0.3 is 10.4 Å². The molecule has 0 saturated heterocycles. The number of rotatable bonds is 8. The van der Waals surface area contributed by atoms with Crippen LogP contribution in [0.5, 0.6) is 0 Å². The van der Waals surface area contributed by atoms with Gasteiger partial charge in [-0.3, -0.25) is 4.79 Å². The molecule has 0 bridgehead atoms. The molecule has 3 nitrogen and oxygen atoms in total. The van der Waals surface area contributed by atoms with Crippen molar-refractivity contribution < 1.29 is 18.7 Å². The number of benzene rings is 1. The monoisotopic (exact) mass is 317 g/mol. The summed E-state index contributed by atoms with van der Waals surface area (Å²) < 4.78 is 25.8. The number of amides is 1. The van der Waals surface area contributed by atoms with Gasteiger partial charge in [-0.1, -0.05) is 6.07 Å². The molecule has 1 rings (SSSR count). The van der Waals surface area contributed by atoms with Crippen LogP contribution in [0.3, 0.4) is 0 Å². The van der Waals surface area contributed by atoms with Gasteiger partial charge in [0.2, 0.25) is 5.91 Å². The third-order valence-electron chi connectivity index (χ3n) is 2.97. The summed E-state index contributed by atoms with van der Waals surface area (Å²) in [6.45, 7) is 1.88. The molecule has 0 spiro atoms. The van der Waals surface area contributed by atoms with Crippen LogP contribution in [0.1, 0.15) is 25.3 Å². The minimum absolute atomic E-state index is 0.154. The lowest BCUT2D eigenvalue weighted by molar-refractivity contribution is -0.122. The highest BCUT2D eigenvalue weighted by Crippen LogP contribution is 2.12. The molecule has 0 aromatic heterocycles. The number of hydrogen-bond acceptors (Lipinski definition) is 3. The maximum Gasteiger partial charge on any atom is 0.220 e. The van der Waals surface area contributed by atoms with E-state index in [9.17, 15) is 18.7 Å². The zero-order valence-electron chi connectivity index (χ0n) is 12.3. The van der Waals surface area contributed by atoms with Crippen molar-refractivity contribution >= 4 is 17.7 Å². The van der Waals surface area contributed by atoms with Crippen LogP contribution in [0.15, 0.2) is 18.2 Å². The molecule has 6 heteroatoms. The van der Waals surface area contributed by atoms with Crippen molar-refractivity contribution in [3.8, 4) is 0 Å². The molecule has 0 saturated carbocycles. The van der Waals surface area contributed by atoms with E-state index in [1.807, 2.05) is 6.26 Å². The standard InChI is InChI=1S/C15H21F2NO2S/c1-15(20,10-21-2)9-18-14(19)5-3-4-11-6-7-12(16)13(17)8-11/h6-8,20H,3-5,9-10H2,1-2H3,(H,18,19). The summed E-state index contributed by atoms with van der Waals surface area (Å²) in [7, 11) is 0. The van der Waals surface area contributed by atoms with Gasteiger partial charge in [0, 0.05) is 18.7 Å². The first-order chi connectivity index (χ1) is 9.84. The maximum absolute atomic E-state index is 13.0. The molecular formula is C15H21F2NO2S. The van der Waals surface area contributed by atoms with Gasteiger partial charge in [0.1, 0.15) is 0 Å². The number of halogens is 2. The van der Waals surface area contributed by atoms with Crippen molar-refractivity contribution in [1.29, 1.82) is 0 Å². The van der Waals surface area contributed by atoms with Crippen LogP contribution >= 0.6 is 11.8 Å². The average Bonchev–Trinajstić information content (AvgIpc) is 2.41. The predicted molar refractivity (Wildman–Crippen MR) is 81.3 cm³/mol. The molecule has 0 heterocycles. The fraction of sp³-hybridized carbons (Fsp3) is 0.533. The maximum atomic E-state index is 13.0. The molecule has 1 aromatic carbocycles. The minimum Gasteiger partial charge on any atom is -0.387 e. The molecular weight excluding hydrogens is 296 g/mol. The Morgan fingerprint density at radius 1 is 1.38 bits per heavy atom. The van der Waals surface area contributed by atoms with Gasteiger partial charge in [-0.05, 0) is 43.7 Å². The Labute approximate surface area is 128 Å². The number of aryl methyl sites for hydroxylation is 1. The molecule has 1 aromatic rings. The number of thioether (sulfide) groups is 1. The largest absolute Gasteiger partial charge is 0.387 e. The predicted octanol–water partition coefficient (Wildman–Crippen LogP) is 2.52. The van der Waals surface area contributed by atoms with Crippen molar-refractivity contribution in [3.05, 3.63) is 35.4 Å². The topological polar surface area (TPSA) is 49.3 Å². The molecule has 0 aliphatic rings. The van der Waals surface area contributed by atoms with Crippen molar-refractivity contribution in [2.75, 3.05) is 18.6 Å². The molecule has 1 unspecified atom stereocenters. The van der Waals surface area contributed by atoms with Crippen LogP contribution in [0, 0.1) is 11.6 Å². The van der Waals surface area contributed by atoms with Gasteiger partial charge in [-0.15, -0.1) is 0 Å². The van der Waals surface area contributed by atoms with Gasteiger partial charge in [-0.2, -0.15) is 11.8 Å². The minimum atomic E-state index is -0.921. The molecule has 0 aliphatic carbocycles. The molecule has 118 valence electrons. The molecule has 2 N–H and O–H groups in total. The Kier molecular flexibility index (Phi) is 7.11. The van der Waals surface area contributed by atoms with Crippen LogP contribution in [0.4, 0.5) is 8.78 Å². The fourth-order valence-electron chi connectivity index (χ4n) is 1.89. The molecule has 1 atom stereocenters. The zero-order valence-corrected chi connectivity index (χ0v) is 13.1. The van der Waals surface area contributed by atoms with Gasteiger partial charge in [0.05, 0.1) is 5.60 Å². The normalized spacial score (nSPS) is 13.8. The van der Waals surface area contributed by atoms with E-state index in [0.717, 1.165) is 12.1 Å². The highest BCUT2D eigenvalue weighted by atomic mass is 32.2. The molecule has 0 radical (unpaired) electrons. The quantitative estimate of drug-likeness (QED) is 0.774. The Bertz CT molecular complexity index is 481. The lowest BCUT2D eigenvalue weighted by atomic mass is 10.1. The summed E-state index contributed by atoms with van der Waals surface area (Å²) in [5.74, 6) is -1.35. The van der Waals surface area contributed by atoms with E-state index < -0.39 is 17.2 Å². The Morgan fingerprint density at radius 3 is 2.71 bits per heavy atom. The number of carbonyl (C=O) groups excluding carboxylic acids is 1. The van der Waals surface area contributed by atoms with Gasteiger partial charge in [0.15, 0.2) is 11.6 Å². The van der Waals surface area contributed by atoms with Crippen molar-refractivity contribution in [2.45, 2.75) is 31.8 Å². The summed E-state index contributed by atoms with van der Waals surface area (Å²) in [4.78, 5) is 11.6. The second-order valence-electron chi connectivity index (χ2n) is 5.31. The van der Waals surface area contributed by atoms with Crippen molar-refractivity contribution in [2.24, 2.45) is 0 Å². The molecule has 21 heavy (non-hydrogen) atoms. The first-order valence-electron chi connectivity index (χ1n) is 6.76. The fourth-order valence-corrected chi connectivity index (χ4v) is 2.61. The van der Waals surface area contributed by atoms with Gasteiger partial charge in [0.25, 0.3) is 0 Å². The van der Waals surface area contributed by atoms with E-state index in [1.54, 1.807) is 6.92 Å². The average molecular weight is 317 g/mol. The molecule has 0 aliphatic heterocycles. The van der Waals surface area contributed by atoms with E-state index >= 15 is 0 Å². The molecule has 1 amide bonds. The van der Waals surface area contributed by atoms with E-state index in [-0.39, 0.29) is 18.9 Å². The Hall–Kier alpha value is -1.14. The van der Waals surface area contributed by atoms with Crippen LogP contribution in [0.2, 0.25) is 0 Å². The first-order valence-corrected chi connectivity index (χ1v) is 8.15. The summed E-state index contributed by atoms with van der Waals surface area (Å²) in [5, 5.41) is 12.6. The Morgan fingerprint density at radius 2 is 2.10 bits per heavy atom. The van der Waals surface area contributed by atoms with Crippen LogP contribution < -0.4 is 5.32 Å². The first kappa shape index (κ1) is 17.9. The van der Waals surface area contributed by atoms with Crippen molar-refractivity contribution in [3.63, 3.8) is 0 Å². The van der Waals surface area contributed by atoms with E-state index in [4.69, 9.17) is 0 Å². The smallest absolute Gasteiger partial charge is 0.220 e. The highest BCUT2D eigenvalue weighted by molar-refractivity contribution is 7.98. The second kappa shape index (κ2) is 8.34. The third kappa shape index (κ3) is 6.91. The second-order valence-corrected chi connectivity index (χ2v) is 6.17. The number of aliphatic hydroxyl groups is 1. The van der Waals surface area contributed by atoms with Crippen molar-refractivity contribution in [1.82, 2.24) is 5.32 Å². The number of hydrogen-bond donors (Lipinski definition) is 2. The zero-order chi connectivity index (χ0) is 15.9. The summed E-state index contributed by atoms with van der Waals surface area (Å²) in [5.41, 5.74) is -0.258. The summed E-state index contributed by atoms with van der Waals surface area (Å²) in [6, 6.07) is 3.75. The van der Waals surface area contributed by atoms with Gasteiger partial charge in [-0.25, -0.2) is 8.78 Å². The van der Waals surface area contributed by atoms with E-state index in [2.05, 4.69) is 5.32 Å². The van der Waals surface area contributed by atoms with Crippen LogP contribution in [-0.4, -0.2) is 35.2 Å². The summed E-state index contributed by atoms with van der Waals surface area (Å²) >= 11 is 1.51. The lowest BCUT2D eigenvalue weighted by Gasteiger charge is -2.22. The van der Waals surface area contributed by atoms with E-state index in [1.165, 1.54) is 17.8 Å².